The standard InChI is InChI=1S/C26H25N9O3/c1-15(2)14-35-20-9-4-3-8-19(20)22(16-10-11-27-21(36)13-16)29-24(25(35)37)30-26(38)28-18-7-5-6-17(12-18)23-31-33-34-32-23/h3-13,15,24H,14H2,1-2H3,(H,27,36)(H2,28,30,38)(H,31,32,33,34). The van der Waals surface area contributed by atoms with Gasteiger partial charge in [-0.1, -0.05) is 44.2 Å². The molecule has 0 saturated carbocycles. The average Bonchev–Trinajstić information content (AvgIpc) is 3.41. The Labute approximate surface area is 217 Å². The van der Waals surface area contributed by atoms with Crippen LogP contribution in [0.4, 0.5) is 16.2 Å². The number of nitrogens with one attached hydrogen (secondary N) is 4. The predicted molar refractivity (Wildman–Crippen MR) is 142 cm³/mol. The Bertz CT molecular complexity index is 1560. The Morgan fingerprint density at radius 2 is 1.89 bits per heavy atom. The molecule has 0 bridgehead atoms. The summed E-state index contributed by atoms with van der Waals surface area (Å²) in [5, 5.41) is 19.3. The van der Waals surface area contributed by atoms with Crippen molar-refractivity contribution in [2.45, 2.75) is 20.0 Å². The molecule has 12 nitrogen and oxygen atoms in total. The van der Waals surface area contributed by atoms with Crippen LogP contribution in [0.1, 0.15) is 25.0 Å². The number of benzodiazepines with no additional fused rings is 1. The number of nitrogens with zero attached hydrogens (tertiary/aromatic N) is 5. The van der Waals surface area contributed by atoms with Crippen LogP contribution in [0.2, 0.25) is 0 Å². The molecule has 2 aromatic heterocycles. The van der Waals surface area contributed by atoms with Crippen LogP contribution in [0.5, 0.6) is 0 Å². The molecule has 0 radical (unpaired) electrons. The molecule has 1 unspecified atom stereocenters. The number of fused-ring (bicyclic) bond motifs is 1. The van der Waals surface area contributed by atoms with Crippen LogP contribution in [0.25, 0.3) is 11.4 Å². The Kier molecular flexibility index (Phi) is 6.76. The van der Waals surface area contributed by atoms with E-state index in [-0.39, 0.29) is 17.4 Å². The van der Waals surface area contributed by atoms with E-state index in [2.05, 4.69) is 41.2 Å². The van der Waals surface area contributed by atoms with Gasteiger partial charge in [0.2, 0.25) is 17.5 Å². The number of aliphatic imine (C=N–C) groups is 1. The molecule has 0 spiro atoms. The summed E-state index contributed by atoms with van der Waals surface area (Å²) >= 11 is 0. The van der Waals surface area contributed by atoms with Gasteiger partial charge in [0.15, 0.2) is 0 Å². The van der Waals surface area contributed by atoms with E-state index in [1.54, 1.807) is 35.2 Å². The molecule has 12 heteroatoms. The predicted octanol–water partition coefficient (Wildman–Crippen LogP) is 2.54. The zero-order valence-corrected chi connectivity index (χ0v) is 20.7. The first kappa shape index (κ1) is 24.6. The Morgan fingerprint density at radius 1 is 1.05 bits per heavy atom. The van der Waals surface area contributed by atoms with E-state index in [0.29, 0.717) is 46.1 Å². The fraction of sp³-hybridized carbons (Fsp3) is 0.192. The largest absolute Gasteiger partial charge is 0.329 e. The molecule has 1 atom stereocenters. The Morgan fingerprint density at radius 3 is 2.66 bits per heavy atom. The minimum absolute atomic E-state index is 0.149. The van der Waals surface area contributed by atoms with Gasteiger partial charge in [-0.25, -0.2) is 9.79 Å². The first-order valence-electron chi connectivity index (χ1n) is 12.0. The quantitative estimate of drug-likeness (QED) is 0.311. The summed E-state index contributed by atoms with van der Waals surface area (Å²) in [6, 6.07) is 16.8. The molecule has 0 saturated heterocycles. The molecule has 3 heterocycles. The van der Waals surface area contributed by atoms with Gasteiger partial charge in [-0.2, -0.15) is 5.21 Å². The molecule has 3 amide bonds. The highest BCUT2D eigenvalue weighted by molar-refractivity contribution is 6.20. The number of aromatic amines is 2. The minimum Gasteiger partial charge on any atom is -0.329 e. The van der Waals surface area contributed by atoms with Crippen molar-refractivity contribution in [1.29, 1.82) is 0 Å². The summed E-state index contributed by atoms with van der Waals surface area (Å²) in [7, 11) is 0. The highest BCUT2D eigenvalue weighted by Gasteiger charge is 2.33. The van der Waals surface area contributed by atoms with Crippen molar-refractivity contribution in [1.82, 2.24) is 30.9 Å². The zero-order valence-electron chi connectivity index (χ0n) is 20.7. The maximum absolute atomic E-state index is 13.8. The van der Waals surface area contributed by atoms with Crippen molar-refractivity contribution in [2.75, 3.05) is 16.8 Å². The Balaban J connectivity index is 1.49. The molecule has 0 aliphatic carbocycles. The van der Waals surface area contributed by atoms with Crippen molar-refractivity contribution in [3.63, 3.8) is 0 Å². The number of carbonyl (C=O) groups is 2. The molecular formula is C26H25N9O3. The lowest BCUT2D eigenvalue weighted by atomic mass is 10.0. The van der Waals surface area contributed by atoms with Gasteiger partial charge in [-0.15, -0.1) is 10.2 Å². The fourth-order valence-electron chi connectivity index (χ4n) is 4.21. The molecule has 0 fully saturated rings. The van der Waals surface area contributed by atoms with Crippen molar-refractivity contribution in [3.8, 4) is 11.4 Å². The van der Waals surface area contributed by atoms with Gasteiger partial charge in [-0.05, 0) is 35.4 Å². The number of tetrazole rings is 1. The molecule has 4 N–H and O–H groups in total. The molecule has 38 heavy (non-hydrogen) atoms. The van der Waals surface area contributed by atoms with Crippen molar-refractivity contribution < 1.29 is 9.59 Å². The van der Waals surface area contributed by atoms with E-state index < -0.39 is 12.2 Å². The van der Waals surface area contributed by atoms with Gasteiger partial charge in [0.1, 0.15) is 0 Å². The molecule has 1 aliphatic heterocycles. The average molecular weight is 512 g/mol. The molecule has 1 aliphatic rings. The number of H-pyrrole nitrogens is 2. The number of hydrogen-bond donors (Lipinski definition) is 4. The van der Waals surface area contributed by atoms with Crippen molar-refractivity contribution in [3.05, 3.63) is 88.3 Å². The molecule has 192 valence electrons. The number of amides is 3. The second kappa shape index (κ2) is 10.5. The third-order valence-corrected chi connectivity index (χ3v) is 5.80. The van der Waals surface area contributed by atoms with E-state index in [4.69, 9.17) is 0 Å². The smallest absolute Gasteiger partial charge is 0.321 e. The lowest BCUT2D eigenvalue weighted by Crippen LogP contribution is -2.49. The summed E-state index contributed by atoms with van der Waals surface area (Å²) in [4.78, 5) is 47.8. The summed E-state index contributed by atoms with van der Waals surface area (Å²) in [5.41, 5.74) is 3.10. The summed E-state index contributed by atoms with van der Waals surface area (Å²) in [5.74, 6) is 0.138. The van der Waals surface area contributed by atoms with Crippen LogP contribution in [-0.4, -0.2) is 56.0 Å². The van der Waals surface area contributed by atoms with Gasteiger partial charge in [0, 0.05) is 41.2 Å². The van der Waals surface area contributed by atoms with E-state index in [1.165, 1.54) is 12.3 Å². The van der Waals surface area contributed by atoms with Crippen molar-refractivity contribution in [2.24, 2.45) is 10.9 Å². The van der Waals surface area contributed by atoms with E-state index in [0.717, 1.165) is 0 Å². The number of carbonyl (C=O) groups excluding carboxylic acids is 2. The topological polar surface area (TPSA) is 161 Å². The number of benzene rings is 2. The van der Waals surface area contributed by atoms with Crippen molar-refractivity contribution >= 4 is 29.0 Å². The first-order chi connectivity index (χ1) is 18.4. The third-order valence-electron chi connectivity index (χ3n) is 5.80. The summed E-state index contributed by atoms with van der Waals surface area (Å²) < 4.78 is 0. The maximum Gasteiger partial charge on any atom is 0.321 e. The highest BCUT2D eigenvalue weighted by atomic mass is 16.2. The molecule has 5 rings (SSSR count). The highest BCUT2D eigenvalue weighted by Crippen LogP contribution is 2.28. The molecular weight excluding hydrogens is 486 g/mol. The van der Waals surface area contributed by atoms with E-state index >= 15 is 0 Å². The number of urea groups is 1. The third kappa shape index (κ3) is 5.19. The number of aromatic nitrogens is 5. The first-order valence-corrected chi connectivity index (χ1v) is 12.0. The van der Waals surface area contributed by atoms with Crippen LogP contribution < -0.4 is 21.1 Å². The van der Waals surface area contributed by atoms with Crippen LogP contribution in [0, 0.1) is 5.92 Å². The van der Waals surface area contributed by atoms with Gasteiger partial charge in [0.25, 0.3) is 5.91 Å². The van der Waals surface area contributed by atoms with Gasteiger partial charge in [-0.3, -0.25) is 9.59 Å². The maximum atomic E-state index is 13.8. The van der Waals surface area contributed by atoms with E-state index in [1.807, 2.05) is 38.1 Å². The van der Waals surface area contributed by atoms with Gasteiger partial charge in [0.05, 0.1) is 11.4 Å². The van der Waals surface area contributed by atoms with Gasteiger partial charge < -0.3 is 20.5 Å². The molecule has 2 aromatic carbocycles. The lowest BCUT2D eigenvalue weighted by molar-refractivity contribution is -0.120. The number of para-hydroxylation sites is 1. The number of anilines is 2. The second-order valence-electron chi connectivity index (χ2n) is 9.10. The second-order valence-corrected chi connectivity index (χ2v) is 9.10. The normalized spacial score (nSPS) is 15.0. The van der Waals surface area contributed by atoms with Crippen LogP contribution in [0.15, 0.2) is 76.6 Å². The minimum atomic E-state index is -1.24. The number of pyridine rings is 1. The lowest BCUT2D eigenvalue weighted by Gasteiger charge is -2.27. The van der Waals surface area contributed by atoms with Gasteiger partial charge >= 0.3 is 6.03 Å². The van der Waals surface area contributed by atoms with E-state index in [9.17, 15) is 14.4 Å². The fourth-order valence-corrected chi connectivity index (χ4v) is 4.21. The number of hydrogen-bond acceptors (Lipinski definition) is 7. The van der Waals surface area contributed by atoms with Crippen LogP contribution >= 0.6 is 0 Å². The monoisotopic (exact) mass is 511 g/mol. The Hall–Kier alpha value is -5.13. The van der Waals surface area contributed by atoms with Crippen LogP contribution in [-0.2, 0) is 4.79 Å². The summed E-state index contributed by atoms with van der Waals surface area (Å²) in [6.45, 7) is 4.43. The molecule has 4 aromatic rings. The van der Waals surface area contributed by atoms with Crippen LogP contribution in [0.3, 0.4) is 0 Å². The zero-order chi connectivity index (χ0) is 26.6. The summed E-state index contributed by atoms with van der Waals surface area (Å²) in [6.07, 6.45) is 0.281. The SMILES string of the molecule is CC(C)CN1C(=O)C(NC(=O)Nc2cccc(-c3nn[nH]n3)c2)N=C(c2cc[nH]c(=O)c2)c2ccccc21. The number of rotatable bonds is 6.